The van der Waals surface area contributed by atoms with Gasteiger partial charge in [0.25, 0.3) is 11.7 Å². The third-order valence-electron chi connectivity index (χ3n) is 4.54. The first-order valence-corrected chi connectivity index (χ1v) is 8.63. The summed E-state index contributed by atoms with van der Waals surface area (Å²) < 4.78 is 17.5. The van der Waals surface area contributed by atoms with E-state index >= 15 is 0 Å². The second-order valence-electron chi connectivity index (χ2n) is 6.64. The van der Waals surface area contributed by atoms with Crippen LogP contribution in [0.5, 0.6) is 17.2 Å². The molecular weight excluding hydrogens is 318 g/mol. The number of aryl methyl sites for hydroxylation is 1. The molecule has 1 aliphatic carbocycles. The molecule has 1 N–H and O–H groups in total. The highest BCUT2D eigenvalue weighted by Gasteiger charge is 2.44. The second kappa shape index (κ2) is 6.31. The first-order valence-electron chi connectivity index (χ1n) is 8.63. The Morgan fingerprint density at radius 2 is 1.92 bits per heavy atom. The minimum absolute atomic E-state index is 0.0398. The number of carbonyl (C=O) groups excluding carboxylic acids is 1. The number of anilines is 1. The number of fused-ring (bicyclic) bond motifs is 1. The lowest BCUT2D eigenvalue weighted by Gasteiger charge is -2.21. The third kappa shape index (κ3) is 3.40. The van der Waals surface area contributed by atoms with E-state index < -0.39 is 5.79 Å². The van der Waals surface area contributed by atoms with Crippen molar-refractivity contribution in [1.29, 1.82) is 0 Å². The van der Waals surface area contributed by atoms with Crippen molar-refractivity contribution >= 4 is 11.6 Å². The highest BCUT2D eigenvalue weighted by Crippen LogP contribution is 2.47. The van der Waals surface area contributed by atoms with E-state index in [0.717, 1.165) is 37.0 Å². The largest absolute Gasteiger partial charge is 0.484 e. The number of benzene rings is 2. The van der Waals surface area contributed by atoms with Crippen molar-refractivity contribution in [2.45, 2.75) is 38.4 Å². The Balaban J connectivity index is 1.36. The number of rotatable bonds is 4. The molecule has 1 amide bonds. The number of hydrogen-bond acceptors (Lipinski definition) is 4. The molecule has 0 atom stereocenters. The number of nitrogens with one attached hydrogen (secondary N) is 1. The van der Waals surface area contributed by atoms with E-state index in [4.69, 9.17) is 14.2 Å². The lowest BCUT2D eigenvalue weighted by atomic mass is 10.2. The summed E-state index contributed by atoms with van der Waals surface area (Å²) in [6, 6.07) is 13.1. The molecular formula is C20H21NO4. The average molecular weight is 339 g/mol. The predicted molar refractivity (Wildman–Crippen MR) is 94.2 cm³/mol. The maximum Gasteiger partial charge on any atom is 0.262 e. The molecule has 1 fully saturated rings. The van der Waals surface area contributed by atoms with Crippen molar-refractivity contribution in [3.05, 3.63) is 48.0 Å². The van der Waals surface area contributed by atoms with E-state index in [1.54, 1.807) is 0 Å². The average Bonchev–Trinajstić information content (AvgIpc) is 3.19. The molecule has 5 heteroatoms. The summed E-state index contributed by atoms with van der Waals surface area (Å²) >= 11 is 0. The summed E-state index contributed by atoms with van der Waals surface area (Å²) in [5.74, 6) is 1.43. The zero-order valence-electron chi connectivity index (χ0n) is 14.2. The van der Waals surface area contributed by atoms with Crippen LogP contribution in [0.2, 0.25) is 0 Å². The molecule has 130 valence electrons. The van der Waals surface area contributed by atoms with Crippen molar-refractivity contribution in [1.82, 2.24) is 0 Å². The van der Waals surface area contributed by atoms with Gasteiger partial charge >= 0.3 is 0 Å². The van der Waals surface area contributed by atoms with E-state index in [9.17, 15) is 4.79 Å². The SMILES string of the molecule is Cc1cccc(OCC(=O)Nc2ccc3c(c2)OC2(CCCC2)O3)c1. The molecule has 2 aromatic rings. The van der Waals surface area contributed by atoms with Gasteiger partial charge in [-0.2, -0.15) is 0 Å². The standard InChI is InChI=1S/C20H21NO4/c1-14-5-4-6-16(11-14)23-13-19(22)21-15-7-8-17-18(12-15)25-20(24-17)9-2-3-10-20/h4-8,11-12H,2-3,9-10,13H2,1H3,(H,21,22). The molecule has 2 aromatic carbocycles. The van der Waals surface area contributed by atoms with E-state index in [2.05, 4.69) is 5.32 Å². The Labute approximate surface area is 146 Å². The predicted octanol–water partition coefficient (Wildman–Crippen LogP) is 4.05. The van der Waals surface area contributed by atoms with Crippen LogP contribution in [0.1, 0.15) is 31.2 Å². The van der Waals surface area contributed by atoms with Crippen LogP contribution in [0.15, 0.2) is 42.5 Å². The topological polar surface area (TPSA) is 56.8 Å². The fraction of sp³-hybridized carbons (Fsp3) is 0.350. The fourth-order valence-electron chi connectivity index (χ4n) is 3.34. The number of ether oxygens (including phenoxy) is 3. The Morgan fingerprint density at radius 3 is 2.72 bits per heavy atom. The van der Waals surface area contributed by atoms with E-state index in [1.807, 2.05) is 49.4 Å². The summed E-state index contributed by atoms with van der Waals surface area (Å²) in [7, 11) is 0. The molecule has 1 aliphatic heterocycles. The zero-order chi connectivity index (χ0) is 17.3. The smallest absolute Gasteiger partial charge is 0.262 e. The molecule has 5 nitrogen and oxygen atoms in total. The van der Waals surface area contributed by atoms with Gasteiger partial charge in [0.1, 0.15) is 5.75 Å². The molecule has 2 aliphatic rings. The molecule has 0 bridgehead atoms. The van der Waals surface area contributed by atoms with Crippen LogP contribution in [0.3, 0.4) is 0 Å². The molecule has 0 radical (unpaired) electrons. The van der Waals surface area contributed by atoms with E-state index in [0.29, 0.717) is 17.2 Å². The summed E-state index contributed by atoms with van der Waals surface area (Å²) in [5.41, 5.74) is 1.77. The number of carbonyl (C=O) groups is 1. The van der Waals surface area contributed by atoms with E-state index in [-0.39, 0.29) is 12.5 Å². The second-order valence-corrected chi connectivity index (χ2v) is 6.64. The normalized spacial score (nSPS) is 16.8. The highest BCUT2D eigenvalue weighted by molar-refractivity contribution is 5.92. The molecule has 1 saturated carbocycles. The third-order valence-corrected chi connectivity index (χ3v) is 4.54. The maximum atomic E-state index is 12.1. The van der Waals surface area contributed by atoms with Crippen molar-refractivity contribution in [2.24, 2.45) is 0 Å². The van der Waals surface area contributed by atoms with Crippen LogP contribution in [-0.4, -0.2) is 18.3 Å². The van der Waals surface area contributed by atoms with Gasteiger partial charge in [0.05, 0.1) is 0 Å². The summed E-state index contributed by atoms with van der Waals surface area (Å²) in [6.07, 6.45) is 4.06. The van der Waals surface area contributed by atoms with Gasteiger partial charge in [0, 0.05) is 24.6 Å². The summed E-state index contributed by atoms with van der Waals surface area (Å²) in [4.78, 5) is 12.1. The van der Waals surface area contributed by atoms with Gasteiger partial charge in [-0.15, -0.1) is 0 Å². The van der Waals surface area contributed by atoms with Gasteiger partial charge in [-0.3, -0.25) is 4.79 Å². The maximum absolute atomic E-state index is 12.1. The monoisotopic (exact) mass is 339 g/mol. The van der Waals surface area contributed by atoms with Gasteiger partial charge in [0.15, 0.2) is 18.1 Å². The van der Waals surface area contributed by atoms with Crippen LogP contribution >= 0.6 is 0 Å². The summed E-state index contributed by atoms with van der Waals surface area (Å²) in [5, 5.41) is 2.84. The zero-order valence-corrected chi connectivity index (χ0v) is 14.2. The lowest BCUT2D eigenvalue weighted by Crippen LogP contribution is -2.34. The van der Waals surface area contributed by atoms with Gasteiger partial charge in [-0.05, 0) is 49.6 Å². The molecule has 0 saturated heterocycles. The first kappa shape index (κ1) is 15.8. The molecule has 1 heterocycles. The van der Waals surface area contributed by atoms with Gasteiger partial charge in [0.2, 0.25) is 0 Å². The summed E-state index contributed by atoms with van der Waals surface area (Å²) in [6.45, 7) is 1.94. The molecule has 0 unspecified atom stereocenters. The molecule has 1 spiro atoms. The highest BCUT2D eigenvalue weighted by atomic mass is 16.7. The molecule has 0 aromatic heterocycles. The Hall–Kier alpha value is -2.69. The van der Waals surface area contributed by atoms with Crippen LogP contribution in [0.4, 0.5) is 5.69 Å². The van der Waals surface area contributed by atoms with Crippen LogP contribution < -0.4 is 19.5 Å². The van der Waals surface area contributed by atoms with Gasteiger partial charge in [-0.25, -0.2) is 0 Å². The Kier molecular flexibility index (Phi) is 3.99. The van der Waals surface area contributed by atoms with Gasteiger partial charge in [-0.1, -0.05) is 12.1 Å². The van der Waals surface area contributed by atoms with E-state index in [1.165, 1.54) is 0 Å². The number of amides is 1. The van der Waals surface area contributed by atoms with Crippen molar-refractivity contribution in [2.75, 3.05) is 11.9 Å². The van der Waals surface area contributed by atoms with Crippen LogP contribution in [0, 0.1) is 6.92 Å². The molecule has 25 heavy (non-hydrogen) atoms. The Morgan fingerprint density at radius 1 is 1.12 bits per heavy atom. The number of hydrogen-bond donors (Lipinski definition) is 1. The van der Waals surface area contributed by atoms with Crippen molar-refractivity contribution in [3.63, 3.8) is 0 Å². The fourth-order valence-corrected chi connectivity index (χ4v) is 3.34. The lowest BCUT2D eigenvalue weighted by molar-refractivity contribution is -0.118. The van der Waals surface area contributed by atoms with Gasteiger partial charge < -0.3 is 19.5 Å². The Bertz CT molecular complexity index is 796. The van der Waals surface area contributed by atoms with Crippen molar-refractivity contribution in [3.8, 4) is 17.2 Å². The quantitative estimate of drug-likeness (QED) is 0.913. The van der Waals surface area contributed by atoms with Crippen LogP contribution in [0.25, 0.3) is 0 Å². The molecule has 4 rings (SSSR count). The minimum Gasteiger partial charge on any atom is -0.484 e. The first-order chi connectivity index (χ1) is 12.1. The minimum atomic E-state index is -0.487. The van der Waals surface area contributed by atoms with Crippen molar-refractivity contribution < 1.29 is 19.0 Å². The van der Waals surface area contributed by atoms with Crippen LogP contribution in [-0.2, 0) is 4.79 Å².